The number of amides is 2. The van der Waals surface area contributed by atoms with Crippen LogP contribution in [0.25, 0.3) is 0 Å². The maximum atomic E-state index is 11.8. The molecule has 0 aliphatic heterocycles. The van der Waals surface area contributed by atoms with E-state index in [2.05, 4.69) is 62.3 Å². The zero-order valence-electron chi connectivity index (χ0n) is 25.6. The van der Waals surface area contributed by atoms with Gasteiger partial charge in [-0.15, -0.1) is 5.92 Å². The van der Waals surface area contributed by atoms with Gasteiger partial charge in [0.05, 0.1) is 25.3 Å². The van der Waals surface area contributed by atoms with Crippen LogP contribution in [0.2, 0.25) is 0 Å². The van der Waals surface area contributed by atoms with E-state index in [4.69, 9.17) is 19.9 Å². The summed E-state index contributed by atoms with van der Waals surface area (Å²) in [6, 6.07) is 8.15. The van der Waals surface area contributed by atoms with Crippen molar-refractivity contribution in [1.29, 1.82) is 0 Å². The Balaban J connectivity index is 2.59. The minimum atomic E-state index is -0.441. The van der Waals surface area contributed by atoms with Crippen molar-refractivity contribution in [1.82, 2.24) is 10.6 Å². The van der Waals surface area contributed by atoms with Crippen molar-refractivity contribution in [3.05, 3.63) is 29.8 Å². The average molecular weight is 546 g/mol. The molecular weight excluding hydrogens is 494 g/mol. The highest BCUT2D eigenvalue weighted by Crippen LogP contribution is 2.35. The van der Waals surface area contributed by atoms with Gasteiger partial charge in [0.2, 0.25) is 11.8 Å². The molecule has 0 aliphatic carbocycles. The van der Waals surface area contributed by atoms with Gasteiger partial charge >= 0.3 is 0 Å². The summed E-state index contributed by atoms with van der Waals surface area (Å²) >= 11 is 0. The summed E-state index contributed by atoms with van der Waals surface area (Å²) in [5.41, 5.74) is 5.18. The van der Waals surface area contributed by atoms with E-state index in [1.807, 2.05) is 39.8 Å². The highest BCUT2D eigenvalue weighted by atomic mass is 16.5. The molecule has 0 saturated heterocycles. The van der Waals surface area contributed by atoms with Crippen LogP contribution in [-0.2, 0) is 24.5 Å². The van der Waals surface area contributed by atoms with Crippen molar-refractivity contribution in [2.75, 3.05) is 32.9 Å². The molecule has 0 saturated carbocycles. The molecule has 0 aliphatic rings. The van der Waals surface area contributed by atoms with Gasteiger partial charge in [0, 0.05) is 18.6 Å². The van der Waals surface area contributed by atoms with Crippen molar-refractivity contribution in [2.24, 2.45) is 5.73 Å². The Morgan fingerprint density at radius 3 is 2.26 bits per heavy atom. The zero-order valence-corrected chi connectivity index (χ0v) is 25.6. The smallest absolute Gasteiger partial charge is 0.246 e. The van der Waals surface area contributed by atoms with Gasteiger partial charge in [-0.3, -0.25) is 9.59 Å². The number of rotatable bonds is 17. The van der Waals surface area contributed by atoms with Gasteiger partial charge in [0.15, 0.2) is 0 Å². The molecule has 0 spiro atoms. The molecule has 0 atom stereocenters. The lowest BCUT2D eigenvalue weighted by Gasteiger charge is -2.36. The SMILES string of the molecule is CC#CCNC(=O)COCCC(C)(C)OCCC(C)(C)Oc1cccc(C(C)(C)CC(C)(C)NC(=O)CN)c1. The maximum Gasteiger partial charge on any atom is 0.246 e. The quantitative estimate of drug-likeness (QED) is 0.201. The minimum absolute atomic E-state index is 0.0120. The molecule has 0 radical (unpaired) electrons. The lowest BCUT2D eigenvalue weighted by molar-refractivity contribution is -0.126. The first-order valence-corrected chi connectivity index (χ1v) is 13.7. The second kappa shape index (κ2) is 15.3. The van der Waals surface area contributed by atoms with Crippen LogP contribution < -0.4 is 21.1 Å². The van der Waals surface area contributed by atoms with Crippen LogP contribution in [0.1, 0.15) is 87.1 Å². The number of nitrogens with two attached hydrogens (primary N) is 1. The lowest BCUT2D eigenvalue weighted by Crippen LogP contribution is -2.49. The zero-order chi connectivity index (χ0) is 29.7. The number of carbonyl (C=O) groups is 2. The normalized spacial score (nSPS) is 12.4. The molecule has 0 aromatic heterocycles. The van der Waals surface area contributed by atoms with E-state index >= 15 is 0 Å². The Morgan fingerprint density at radius 2 is 1.62 bits per heavy atom. The Hall–Kier alpha value is -2.60. The molecule has 1 aromatic rings. The van der Waals surface area contributed by atoms with E-state index in [9.17, 15) is 9.59 Å². The summed E-state index contributed by atoms with van der Waals surface area (Å²) in [5, 5.41) is 5.69. The molecule has 39 heavy (non-hydrogen) atoms. The molecule has 8 nitrogen and oxygen atoms in total. The van der Waals surface area contributed by atoms with Crippen LogP contribution in [0, 0.1) is 11.8 Å². The Morgan fingerprint density at radius 1 is 0.949 bits per heavy atom. The summed E-state index contributed by atoms with van der Waals surface area (Å²) in [7, 11) is 0. The molecule has 0 unspecified atom stereocenters. The second-order valence-corrected chi connectivity index (χ2v) is 12.5. The van der Waals surface area contributed by atoms with Crippen molar-refractivity contribution in [3.8, 4) is 17.6 Å². The maximum absolute atomic E-state index is 11.8. The molecular formula is C31H51N3O5. The van der Waals surface area contributed by atoms with Crippen molar-refractivity contribution in [2.45, 2.75) is 104 Å². The van der Waals surface area contributed by atoms with Crippen LogP contribution in [-0.4, -0.2) is 61.5 Å². The minimum Gasteiger partial charge on any atom is -0.488 e. The van der Waals surface area contributed by atoms with E-state index in [0.717, 1.165) is 17.7 Å². The topological polar surface area (TPSA) is 112 Å². The van der Waals surface area contributed by atoms with Crippen molar-refractivity contribution < 1.29 is 23.8 Å². The van der Waals surface area contributed by atoms with E-state index in [1.54, 1.807) is 6.92 Å². The molecule has 8 heteroatoms. The van der Waals surface area contributed by atoms with Crippen LogP contribution in [0.3, 0.4) is 0 Å². The molecule has 0 heterocycles. The molecule has 0 fully saturated rings. The number of ether oxygens (including phenoxy) is 3. The van der Waals surface area contributed by atoms with E-state index in [-0.39, 0.29) is 30.4 Å². The Bertz CT molecular complexity index is 989. The van der Waals surface area contributed by atoms with E-state index in [0.29, 0.717) is 32.6 Å². The fourth-order valence-electron chi connectivity index (χ4n) is 4.44. The first kappa shape index (κ1) is 34.4. The molecule has 1 rings (SSSR count). The number of hydrogen-bond donors (Lipinski definition) is 3. The van der Waals surface area contributed by atoms with Gasteiger partial charge in [-0.1, -0.05) is 31.9 Å². The summed E-state index contributed by atoms with van der Waals surface area (Å²) in [4.78, 5) is 23.5. The van der Waals surface area contributed by atoms with E-state index in [1.165, 1.54) is 0 Å². The first-order chi connectivity index (χ1) is 18.0. The van der Waals surface area contributed by atoms with Gasteiger partial charge < -0.3 is 30.6 Å². The van der Waals surface area contributed by atoms with Gasteiger partial charge in [0.1, 0.15) is 18.0 Å². The molecule has 220 valence electrons. The molecule has 4 N–H and O–H groups in total. The monoisotopic (exact) mass is 545 g/mol. The van der Waals surface area contributed by atoms with Crippen molar-refractivity contribution >= 4 is 11.8 Å². The number of nitrogens with one attached hydrogen (secondary N) is 2. The fourth-order valence-corrected chi connectivity index (χ4v) is 4.44. The highest BCUT2D eigenvalue weighted by molar-refractivity contribution is 5.78. The summed E-state index contributed by atoms with van der Waals surface area (Å²) in [5.74, 6) is 5.98. The average Bonchev–Trinajstić information content (AvgIpc) is 2.80. The lowest BCUT2D eigenvalue weighted by atomic mass is 9.75. The van der Waals surface area contributed by atoms with Gasteiger partial charge in [-0.05, 0) is 84.4 Å². The Kier molecular flexibility index (Phi) is 13.5. The molecule has 0 bridgehead atoms. The number of benzene rings is 1. The summed E-state index contributed by atoms with van der Waals surface area (Å²) in [6.45, 7) is 19.5. The Labute approximate surface area is 236 Å². The van der Waals surface area contributed by atoms with Gasteiger partial charge in [0.25, 0.3) is 0 Å². The number of carbonyl (C=O) groups excluding carboxylic acids is 2. The standard InChI is InChI=1S/C31H51N3O5/c1-10-11-17-33-27(36)22-37-18-15-30(6,7)38-19-16-31(8,9)39-25-14-12-13-24(20-25)28(2,3)23-29(4,5)34-26(35)21-32/h12-14,20H,15-19,21-23,32H2,1-9H3,(H,33,36)(H,34,35). The summed E-state index contributed by atoms with van der Waals surface area (Å²) in [6.07, 6.45) is 2.10. The highest BCUT2D eigenvalue weighted by Gasteiger charge is 2.32. The van der Waals surface area contributed by atoms with Gasteiger partial charge in [-0.25, -0.2) is 0 Å². The second-order valence-electron chi connectivity index (χ2n) is 12.5. The first-order valence-electron chi connectivity index (χ1n) is 13.7. The van der Waals surface area contributed by atoms with Crippen LogP contribution >= 0.6 is 0 Å². The molecule has 2 amide bonds. The van der Waals surface area contributed by atoms with Crippen molar-refractivity contribution in [3.63, 3.8) is 0 Å². The third-order valence-corrected chi connectivity index (χ3v) is 6.39. The predicted octanol–water partition coefficient (Wildman–Crippen LogP) is 4.10. The predicted molar refractivity (Wildman–Crippen MR) is 157 cm³/mol. The van der Waals surface area contributed by atoms with Crippen LogP contribution in [0.4, 0.5) is 0 Å². The van der Waals surface area contributed by atoms with Crippen LogP contribution in [0.15, 0.2) is 24.3 Å². The van der Waals surface area contributed by atoms with Crippen LogP contribution in [0.5, 0.6) is 5.75 Å². The third kappa shape index (κ3) is 14.4. The van der Waals surface area contributed by atoms with Gasteiger partial charge in [-0.2, -0.15) is 0 Å². The number of hydrogen-bond acceptors (Lipinski definition) is 6. The van der Waals surface area contributed by atoms with E-state index < -0.39 is 16.7 Å². The summed E-state index contributed by atoms with van der Waals surface area (Å²) < 4.78 is 18.0. The molecule has 1 aromatic carbocycles. The largest absolute Gasteiger partial charge is 0.488 e. The fraction of sp³-hybridized carbons (Fsp3) is 0.677. The third-order valence-electron chi connectivity index (χ3n) is 6.39.